The molecule has 0 radical (unpaired) electrons. The van der Waals surface area contributed by atoms with Gasteiger partial charge in [-0.25, -0.2) is 0 Å². The number of hydrogen-bond donors (Lipinski definition) is 1. The first kappa shape index (κ1) is 24.7. The molecule has 2 aliphatic rings. The van der Waals surface area contributed by atoms with Crippen molar-refractivity contribution in [3.05, 3.63) is 90.5 Å². The van der Waals surface area contributed by atoms with Gasteiger partial charge in [0.15, 0.2) is 6.29 Å². The van der Waals surface area contributed by atoms with Crippen molar-refractivity contribution in [1.82, 2.24) is 0 Å². The van der Waals surface area contributed by atoms with Gasteiger partial charge in [-0.15, -0.1) is 23.5 Å². The van der Waals surface area contributed by atoms with Crippen LogP contribution >= 0.6 is 23.5 Å². The first-order valence-electron chi connectivity index (χ1n) is 11.9. The minimum absolute atomic E-state index is 0.188. The second-order valence-electron chi connectivity index (χ2n) is 8.66. The molecule has 0 aliphatic carbocycles. The molecule has 0 aromatic heterocycles. The van der Waals surface area contributed by atoms with Crippen LogP contribution in [0.3, 0.4) is 0 Å². The van der Waals surface area contributed by atoms with Crippen molar-refractivity contribution in [2.24, 2.45) is 0 Å². The summed E-state index contributed by atoms with van der Waals surface area (Å²) in [6.45, 7) is 0.437. The van der Waals surface area contributed by atoms with E-state index in [0.717, 1.165) is 11.3 Å². The number of aliphatic hydroxyl groups is 1. The molecule has 0 spiro atoms. The topological polar surface area (TPSA) is 57.2 Å². The number of fused-ring (bicyclic) bond motifs is 1. The van der Waals surface area contributed by atoms with E-state index < -0.39 is 12.4 Å². The SMILES string of the molecule is COc1ccc([C@@H]2OC[C@H]3O[C@@H](CC(Sc4ccccc4)Sc4ccccc4)[C@H](O)C[C@@H]3O2)cc1. The molecule has 2 fully saturated rings. The van der Waals surface area contributed by atoms with E-state index in [4.69, 9.17) is 18.9 Å². The van der Waals surface area contributed by atoms with Crippen LogP contribution in [-0.2, 0) is 14.2 Å². The molecule has 35 heavy (non-hydrogen) atoms. The summed E-state index contributed by atoms with van der Waals surface area (Å²) in [5, 5.41) is 11.0. The Bertz CT molecular complexity index is 1010. The number of rotatable bonds is 8. The molecule has 2 heterocycles. The fourth-order valence-corrected chi connectivity index (χ4v) is 7.04. The fraction of sp³-hybridized carbons (Fsp3) is 0.357. The van der Waals surface area contributed by atoms with Crippen LogP contribution < -0.4 is 4.74 Å². The lowest BCUT2D eigenvalue weighted by molar-refractivity contribution is -0.302. The molecule has 3 aromatic rings. The number of aliphatic hydroxyl groups excluding tert-OH is 1. The number of methoxy groups -OCH3 is 1. The van der Waals surface area contributed by atoms with Crippen molar-refractivity contribution in [1.29, 1.82) is 0 Å². The van der Waals surface area contributed by atoms with Crippen molar-refractivity contribution < 1.29 is 24.1 Å². The molecule has 0 amide bonds. The van der Waals surface area contributed by atoms with E-state index in [0.29, 0.717) is 19.4 Å². The van der Waals surface area contributed by atoms with Gasteiger partial charge in [0.2, 0.25) is 0 Å². The molecule has 3 aromatic carbocycles. The van der Waals surface area contributed by atoms with Gasteiger partial charge in [-0.05, 0) is 42.8 Å². The smallest absolute Gasteiger partial charge is 0.184 e. The van der Waals surface area contributed by atoms with Gasteiger partial charge in [-0.3, -0.25) is 0 Å². The normalized spacial score (nSPS) is 26.3. The molecule has 0 unspecified atom stereocenters. The fourth-order valence-electron chi connectivity index (χ4n) is 4.37. The zero-order valence-corrected chi connectivity index (χ0v) is 21.2. The third-order valence-electron chi connectivity index (χ3n) is 6.21. The summed E-state index contributed by atoms with van der Waals surface area (Å²) in [6.07, 6.45) is -0.495. The molecule has 184 valence electrons. The number of thioether (sulfide) groups is 2. The van der Waals surface area contributed by atoms with Crippen LogP contribution in [0.4, 0.5) is 0 Å². The third-order valence-corrected chi connectivity index (χ3v) is 8.79. The predicted molar refractivity (Wildman–Crippen MR) is 139 cm³/mol. The Morgan fingerprint density at radius 1 is 0.857 bits per heavy atom. The Balaban J connectivity index is 1.23. The molecular weight excluding hydrogens is 480 g/mol. The highest BCUT2D eigenvalue weighted by atomic mass is 32.2. The van der Waals surface area contributed by atoms with Crippen molar-refractivity contribution in [3.8, 4) is 5.75 Å². The largest absolute Gasteiger partial charge is 0.497 e. The highest BCUT2D eigenvalue weighted by molar-refractivity contribution is 8.17. The summed E-state index contributed by atoms with van der Waals surface area (Å²) in [7, 11) is 1.64. The molecule has 2 saturated heterocycles. The molecule has 5 rings (SSSR count). The average Bonchev–Trinajstić information content (AvgIpc) is 2.90. The Hall–Kier alpha value is -2.00. The maximum absolute atomic E-state index is 11.0. The van der Waals surface area contributed by atoms with Crippen molar-refractivity contribution >= 4 is 23.5 Å². The highest BCUT2D eigenvalue weighted by Gasteiger charge is 2.43. The maximum atomic E-state index is 11.0. The Kier molecular flexibility index (Phi) is 8.34. The molecule has 0 saturated carbocycles. The lowest BCUT2D eigenvalue weighted by Crippen LogP contribution is -2.53. The lowest BCUT2D eigenvalue weighted by atomic mass is 9.96. The number of ether oxygens (including phenoxy) is 4. The molecule has 2 aliphatic heterocycles. The van der Waals surface area contributed by atoms with Gasteiger partial charge in [0, 0.05) is 21.8 Å². The van der Waals surface area contributed by atoms with E-state index in [2.05, 4.69) is 48.5 Å². The van der Waals surface area contributed by atoms with Crippen LogP contribution in [0, 0.1) is 0 Å². The van der Waals surface area contributed by atoms with Gasteiger partial charge in [-0.2, -0.15) is 0 Å². The van der Waals surface area contributed by atoms with Crippen LogP contribution in [0.2, 0.25) is 0 Å². The average molecular weight is 511 g/mol. The predicted octanol–water partition coefficient (Wildman–Crippen LogP) is 5.93. The second kappa shape index (κ2) is 11.8. The number of hydrogen-bond acceptors (Lipinski definition) is 7. The summed E-state index contributed by atoms with van der Waals surface area (Å²) < 4.78 is 24.0. The van der Waals surface area contributed by atoms with E-state index in [9.17, 15) is 5.11 Å². The summed E-state index contributed by atoms with van der Waals surface area (Å²) in [5.41, 5.74) is 0.930. The molecule has 1 N–H and O–H groups in total. The maximum Gasteiger partial charge on any atom is 0.184 e. The minimum Gasteiger partial charge on any atom is -0.497 e. The standard InChI is InChI=1S/C28H30O5S2/c1-30-20-14-12-19(13-15-20)28-31-18-26-25(33-28)16-23(29)24(32-26)17-27(34-21-8-4-2-5-9-21)35-22-10-6-3-7-11-22/h2-15,23-29H,16-18H2,1H3/t23-,24+,25+,26-,28-/m1/s1. The molecule has 7 heteroatoms. The van der Waals surface area contributed by atoms with Crippen molar-refractivity contribution in [3.63, 3.8) is 0 Å². The van der Waals surface area contributed by atoms with Crippen LogP contribution in [-0.4, -0.2) is 47.8 Å². The van der Waals surface area contributed by atoms with E-state index in [1.807, 2.05) is 59.9 Å². The van der Waals surface area contributed by atoms with Crippen LogP contribution in [0.1, 0.15) is 24.7 Å². The van der Waals surface area contributed by atoms with Crippen LogP contribution in [0.15, 0.2) is 94.7 Å². The first-order chi connectivity index (χ1) is 17.2. The van der Waals surface area contributed by atoms with Gasteiger partial charge in [0.05, 0.1) is 36.6 Å². The lowest BCUT2D eigenvalue weighted by Gasteiger charge is -2.44. The van der Waals surface area contributed by atoms with E-state index in [-0.39, 0.29) is 22.9 Å². The summed E-state index contributed by atoms with van der Waals surface area (Å²) in [5.74, 6) is 0.790. The Labute approximate surface area is 215 Å². The third kappa shape index (κ3) is 6.42. The van der Waals surface area contributed by atoms with E-state index in [1.165, 1.54) is 9.79 Å². The van der Waals surface area contributed by atoms with E-state index in [1.54, 1.807) is 7.11 Å². The quantitative estimate of drug-likeness (QED) is 0.298. The second-order valence-corrected chi connectivity index (χ2v) is 11.5. The highest BCUT2D eigenvalue weighted by Crippen LogP contribution is 2.41. The summed E-state index contributed by atoms with van der Waals surface area (Å²) in [4.78, 5) is 2.41. The zero-order chi connectivity index (χ0) is 24.0. The number of benzene rings is 3. The Morgan fingerprint density at radius 3 is 2.09 bits per heavy atom. The van der Waals surface area contributed by atoms with Crippen LogP contribution in [0.5, 0.6) is 5.75 Å². The van der Waals surface area contributed by atoms with E-state index >= 15 is 0 Å². The van der Waals surface area contributed by atoms with Crippen molar-refractivity contribution in [2.45, 2.75) is 57.9 Å². The van der Waals surface area contributed by atoms with Gasteiger partial charge in [0.25, 0.3) is 0 Å². The molecule has 0 bridgehead atoms. The molecule has 5 nitrogen and oxygen atoms in total. The Morgan fingerprint density at radius 2 is 1.49 bits per heavy atom. The van der Waals surface area contributed by atoms with Gasteiger partial charge in [-0.1, -0.05) is 48.5 Å². The van der Waals surface area contributed by atoms with Crippen LogP contribution in [0.25, 0.3) is 0 Å². The monoisotopic (exact) mass is 510 g/mol. The van der Waals surface area contributed by atoms with Gasteiger partial charge >= 0.3 is 0 Å². The summed E-state index contributed by atoms with van der Waals surface area (Å²) >= 11 is 3.62. The summed E-state index contributed by atoms with van der Waals surface area (Å²) in [6, 6.07) is 28.4. The first-order valence-corrected chi connectivity index (χ1v) is 13.6. The molecular formula is C28H30O5S2. The van der Waals surface area contributed by atoms with Gasteiger partial charge in [0.1, 0.15) is 11.9 Å². The van der Waals surface area contributed by atoms with Crippen molar-refractivity contribution in [2.75, 3.05) is 13.7 Å². The van der Waals surface area contributed by atoms with Gasteiger partial charge < -0.3 is 24.1 Å². The zero-order valence-electron chi connectivity index (χ0n) is 19.6. The minimum atomic E-state index is -0.596. The molecule has 5 atom stereocenters.